The lowest BCUT2D eigenvalue weighted by Crippen LogP contribution is -2.55. The topological polar surface area (TPSA) is 113 Å². The Balaban J connectivity index is 1.94. The number of amides is 1. The Hall–Kier alpha value is -3.75. The van der Waals surface area contributed by atoms with Crippen LogP contribution in [0.1, 0.15) is 28.5 Å². The summed E-state index contributed by atoms with van der Waals surface area (Å²) >= 11 is 0. The molecule has 12 heteroatoms. The van der Waals surface area contributed by atoms with Crippen molar-refractivity contribution in [3.63, 3.8) is 0 Å². The number of aliphatic imine (C=N–C) groups is 1. The number of hydrogen-bond acceptors (Lipinski definition) is 6. The fourth-order valence-electron chi connectivity index (χ4n) is 3.02. The van der Waals surface area contributed by atoms with E-state index < -0.39 is 47.3 Å². The molecule has 162 valence electrons. The van der Waals surface area contributed by atoms with E-state index in [2.05, 4.69) is 15.3 Å². The molecule has 0 saturated carbocycles. The van der Waals surface area contributed by atoms with Crippen molar-refractivity contribution in [3.8, 4) is 6.07 Å². The van der Waals surface area contributed by atoms with Crippen LogP contribution in [0.5, 0.6) is 0 Å². The maximum Gasteiger partial charge on any atom is 0.413 e. The first-order chi connectivity index (χ1) is 14.5. The first kappa shape index (κ1) is 21.9. The number of pyridine rings is 1. The zero-order valence-corrected chi connectivity index (χ0v) is 15.7. The largest absolute Gasteiger partial charge is 0.451 e. The second-order valence-corrected chi connectivity index (χ2v) is 6.76. The summed E-state index contributed by atoms with van der Waals surface area (Å²) in [7, 11) is 0. The van der Waals surface area contributed by atoms with Gasteiger partial charge in [0.05, 0.1) is 5.56 Å². The van der Waals surface area contributed by atoms with E-state index in [9.17, 15) is 26.7 Å². The average Bonchev–Trinajstić information content (AvgIpc) is 2.71. The lowest BCUT2D eigenvalue weighted by Gasteiger charge is -2.40. The van der Waals surface area contributed by atoms with Crippen molar-refractivity contribution < 1.29 is 31.5 Å². The van der Waals surface area contributed by atoms with Crippen molar-refractivity contribution in [2.45, 2.75) is 30.9 Å². The molecule has 1 amide bonds. The van der Waals surface area contributed by atoms with Crippen LogP contribution in [0.15, 0.2) is 41.5 Å². The molecule has 0 fully saturated rings. The molecule has 0 aliphatic carbocycles. The minimum atomic E-state index is -5.08. The third-order valence-electron chi connectivity index (χ3n) is 4.61. The van der Waals surface area contributed by atoms with Gasteiger partial charge in [0.25, 0.3) is 11.9 Å². The Morgan fingerprint density at radius 1 is 1.32 bits per heavy atom. The van der Waals surface area contributed by atoms with Gasteiger partial charge in [-0.2, -0.15) is 18.4 Å². The van der Waals surface area contributed by atoms with Crippen molar-refractivity contribution in [1.82, 2.24) is 4.98 Å². The smallest absolute Gasteiger partial charge is 0.413 e. The van der Waals surface area contributed by atoms with Crippen molar-refractivity contribution in [2.24, 2.45) is 10.7 Å². The summed E-state index contributed by atoms with van der Waals surface area (Å²) < 4.78 is 73.9. The first-order valence-corrected chi connectivity index (χ1v) is 8.66. The van der Waals surface area contributed by atoms with Crippen molar-refractivity contribution >= 4 is 17.6 Å². The molecule has 3 atom stereocenters. The quantitative estimate of drug-likeness (QED) is 0.714. The van der Waals surface area contributed by atoms with E-state index in [1.54, 1.807) is 0 Å². The maximum atomic E-state index is 14.9. The summed E-state index contributed by atoms with van der Waals surface area (Å²) in [5.41, 5.74) is 2.31. The molecule has 0 unspecified atom stereocenters. The fourth-order valence-corrected chi connectivity index (χ4v) is 3.02. The van der Waals surface area contributed by atoms with E-state index in [1.165, 1.54) is 12.1 Å². The number of alkyl halides is 4. The van der Waals surface area contributed by atoms with Gasteiger partial charge < -0.3 is 15.8 Å². The average molecular weight is 439 g/mol. The van der Waals surface area contributed by atoms with Gasteiger partial charge >= 0.3 is 6.18 Å². The molecule has 7 nitrogen and oxygen atoms in total. The second-order valence-electron chi connectivity index (χ2n) is 6.76. The SMILES string of the molecule is C[C@]1(c2cc(NC(=O)c3ccc(C#N)cn3)ccc2F)OC(N)=N[C@@H](C(F)(F)F)[C@H]1F. The van der Waals surface area contributed by atoms with Gasteiger partial charge in [-0.15, -0.1) is 0 Å². The molecule has 2 heterocycles. The summed E-state index contributed by atoms with van der Waals surface area (Å²) in [4.78, 5) is 19.1. The summed E-state index contributed by atoms with van der Waals surface area (Å²) in [6.07, 6.45) is -6.74. The Kier molecular flexibility index (Phi) is 5.54. The number of benzene rings is 1. The van der Waals surface area contributed by atoms with E-state index in [0.29, 0.717) is 0 Å². The highest BCUT2D eigenvalue weighted by Crippen LogP contribution is 2.43. The van der Waals surface area contributed by atoms with Crippen molar-refractivity contribution in [3.05, 3.63) is 59.2 Å². The molecule has 3 rings (SSSR count). The lowest BCUT2D eigenvalue weighted by atomic mass is 9.85. The first-order valence-electron chi connectivity index (χ1n) is 8.66. The number of carbonyl (C=O) groups excluding carboxylic acids is 1. The van der Waals surface area contributed by atoms with Crippen LogP contribution in [0.25, 0.3) is 0 Å². The minimum Gasteiger partial charge on any atom is -0.451 e. The number of carbonyl (C=O) groups is 1. The highest BCUT2D eigenvalue weighted by molar-refractivity contribution is 6.02. The minimum absolute atomic E-state index is 0.0609. The molecule has 1 aliphatic heterocycles. The molecular formula is C19H14F5N5O2. The summed E-state index contributed by atoms with van der Waals surface area (Å²) in [5.74, 6) is -1.82. The summed E-state index contributed by atoms with van der Waals surface area (Å²) in [6, 6.07) is 3.55. The Labute approximate surface area is 172 Å². The third kappa shape index (κ3) is 4.25. The van der Waals surface area contributed by atoms with Gasteiger partial charge in [0.1, 0.15) is 17.6 Å². The number of aromatic nitrogens is 1. The normalized spacial score (nSPS) is 23.3. The van der Waals surface area contributed by atoms with Gasteiger partial charge in [-0.25, -0.2) is 18.8 Å². The van der Waals surface area contributed by atoms with Crippen LogP contribution in [0.3, 0.4) is 0 Å². The van der Waals surface area contributed by atoms with E-state index in [4.69, 9.17) is 15.7 Å². The molecule has 1 aliphatic rings. The van der Waals surface area contributed by atoms with Crippen LogP contribution < -0.4 is 11.1 Å². The van der Waals surface area contributed by atoms with Crippen LogP contribution in [0.2, 0.25) is 0 Å². The number of rotatable bonds is 3. The van der Waals surface area contributed by atoms with Gasteiger partial charge in [0, 0.05) is 17.4 Å². The molecule has 0 bridgehead atoms. The zero-order valence-electron chi connectivity index (χ0n) is 15.7. The zero-order chi connectivity index (χ0) is 23.0. The molecule has 0 saturated heterocycles. The second kappa shape index (κ2) is 7.82. The molecule has 1 aromatic heterocycles. The number of nitrogens with one attached hydrogen (secondary N) is 1. The van der Waals surface area contributed by atoms with Crippen LogP contribution in [0, 0.1) is 17.1 Å². The molecule has 1 aromatic carbocycles. The van der Waals surface area contributed by atoms with E-state index in [0.717, 1.165) is 31.3 Å². The van der Waals surface area contributed by atoms with Gasteiger partial charge in [-0.1, -0.05) is 0 Å². The van der Waals surface area contributed by atoms with Crippen LogP contribution in [-0.4, -0.2) is 35.3 Å². The van der Waals surface area contributed by atoms with E-state index >= 15 is 0 Å². The predicted molar refractivity (Wildman–Crippen MR) is 98.1 cm³/mol. The van der Waals surface area contributed by atoms with Gasteiger partial charge in [-0.3, -0.25) is 4.79 Å². The maximum absolute atomic E-state index is 14.9. The van der Waals surface area contributed by atoms with Gasteiger partial charge in [-0.05, 0) is 37.3 Å². The number of nitriles is 1. The summed E-state index contributed by atoms with van der Waals surface area (Å²) in [5, 5.41) is 11.1. The molecule has 0 spiro atoms. The van der Waals surface area contributed by atoms with Crippen molar-refractivity contribution in [1.29, 1.82) is 5.26 Å². The molecule has 0 radical (unpaired) electrons. The van der Waals surface area contributed by atoms with E-state index in [-0.39, 0.29) is 16.9 Å². The third-order valence-corrected chi connectivity index (χ3v) is 4.61. The lowest BCUT2D eigenvalue weighted by molar-refractivity contribution is -0.187. The Morgan fingerprint density at radius 3 is 2.61 bits per heavy atom. The highest BCUT2D eigenvalue weighted by atomic mass is 19.4. The fraction of sp³-hybridized carbons (Fsp3) is 0.263. The Bertz CT molecular complexity index is 1080. The van der Waals surface area contributed by atoms with Crippen molar-refractivity contribution in [2.75, 3.05) is 5.32 Å². The number of ether oxygens (including phenoxy) is 1. The van der Waals surface area contributed by atoms with Gasteiger partial charge in [0.2, 0.25) is 0 Å². The van der Waals surface area contributed by atoms with E-state index in [1.807, 2.05) is 6.07 Å². The number of nitrogens with zero attached hydrogens (tertiary/aromatic N) is 3. The van der Waals surface area contributed by atoms with Crippen LogP contribution in [0.4, 0.5) is 27.6 Å². The molecule has 3 N–H and O–H groups in total. The Morgan fingerprint density at radius 2 is 2.03 bits per heavy atom. The number of anilines is 1. The number of halogens is 5. The summed E-state index contributed by atoms with van der Waals surface area (Å²) in [6.45, 7) is 0.907. The van der Waals surface area contributed by atoms with Gasteiger partial charge in [0.15, 0.2) is 17.8 Å². The highest BCUT2D eigenvalue weighted by Gasteiger charge is 2.58. The molecular weight excluding hydrogens is 425 g/mol. The number of amidine groups is 1. The number of hydrogen-bond donors (Lipinski definition) is 2. The predicted octanol–water partition coefficient (Wildman–Crippen LogP) is 3.17. The van der Waals surface area contributed by atoms with Crippen LogP contribution in [-0.2, 0) is 10.3 Å². The number of nitrogens with two attached hydrogens (primary N) is 1. The standard InChI is InChI=1S/C19H14F5N5O2/c1-18(14(21)15(19(22,23)24)29-17(26)31-18)11-6-10(3-4-12(11)20)28-16(30)13-5-2-9(7-25)8-27-13/h2-6,8,14-15H,1H3,(H2,26,29)(H,28,30)/t14-,15-,18-/m1/s1. The molecule has 31 heavy (non-hydrogen) atoms. The molecule has 2 aromatic rings. The monoisotopic (exact) mass is 439 g/mol. The van der Waals surface area contributed by atoms with Crippen LogP contribution >= 0.6 is 0 Å².